The highest BCUT2D eigenvalue weighted by Crippen LogP contribution is 2.23. The van der Waals surface area contributed by atoms with E-state index in [1.807, 2.05) is 13.8 Å². The molecule has 0 aliphatic carbocycles. The number of rotatable bonds is 6. The number of aliphatic hydroxyl groups is 1. The zero-order chi connectivity index (χ0) is 13.7. The van der Waals surface area contributed by atoms with Crippen molar-refractivity contribution in [1.29, 1.82) is 0 Å². The van der Waals surface area contributed by atoms with Crippen molar-refractivity contribution in [1.82, 2.24) is 9.69 Å². The summed E-state index contributed by atoms with van der Waals surface area (Å²) in [7, 11) is 1.76. The number of hydrogen-bond acceptors (Lipinski definition) is 5. The normalized spacial score (nSPS) is 12.6. The van der Waals surface area contributed by atoms with Gasteiger partial charge < -0.3 is 15.7 Å². The van der Waals surface area contributed by atoms with Gasteiger partial charge in [-0.25, -0.2) is 0 Å². The predicted molar refractivity (Wildman–Crippen MR) is 74.2 cm³/mol. The Morgan fingerprint density at radius 2 is 2.17 bits per heavy atom. The number of aromatic nitrogens is 1. The Morgan fingerprint density at radius 3 is 2.72 bits per heavy atom. The molecule has 5 nitrogen and oxygen atoms in total. The lowest BCUT2D eigenvalue weighted by molar-refractivity contribution is 0.0900. The second-order valence-electron chi connectivity index (χ2n) is 4.72. The second-order valence-corrected chi connectivity index (χ2v) is 5.49. The second kappa shape index (κ2) is 6.70. The number of carbonyl (C=O) groups excluding carboxylic acids is 1. The van der Waals surface area contributed by atoms with Crippen LogP contribution in [0.5, 0.6) is 0 Å². The van der Waals surface area contributed by atoms with Crippen molar-refractivity contribution in [3.05, 3.63) is 11.3 Å². The lowest BCUT2D eigenvalue weighted by atomic mass is 10.1. The molecule has 1 unspecified atom stereocenters. The average molecular weight is 271 g/mol. The molecule has 0 aromatic carbocycles. The number of amides is 1. The molecule has 1 amide bonds. The first-order chi connectivity index (χ1) is 8.45. The molecule has 0 bridgehead atoms. The Bertz CT molecular complexity index is 404. The summed E-state index contributed by atoms with van der Waals surface area (Å²) < 4.78 is 4.14. The average Bonchev–Trinajstić information content (AvgIpc) is 2.66. The quantitative estimate of drug-likeness (QED) is 0.735. The van der Waals surface area contributed by atoms with Crippen molar-refractivity contribution in [3.8, 4) is 0 Å². The molecule has 1 aromatic heterocycles. The molecule has 102 valence electrons. The monoisotopic (exact) mass is 271 g/mol. The molecule has 0 saturated carbocycles. The first-order valence-electron chi connectivity index (χ1n) is 6.06. The molecule has 6 heteroatoms. The Hall–Kier alpha value is -1.14. The van der Waals surface area contributed by atoms with E-state index < -0.39 is 6.10 Å². The highest BCUT2D eigenvalue weighted by molar-refractivity contribution is 7.10. The molecular weight excluding hydrogens is 250 g/mol. The van der Waals surface area contributed by atoms with Gasteiger partial charge in [-0.15, -0.1) is 0 Å². The fourth-order valence-electron chi connectivity index (χ4n) is 1.73. The van der Waals surface area contributed by atoms with Crippen LogP contribution in [0.1, 0.15) is 36.3 Å². The van der Waals surface area contributed by atoms with E-state index in [1.165, 1.54) is 11.5 Å². The molecule has 0 fully saturated rings. The molecule has 18 heavy (non-hydrogen) atoms. The van der Waals surface area contributed by atoms with Crippen molar-refractivity contribution >= 4 is 22.4 Å². The van der Waals surface area contributed by atoms with Crippen LogP contribution in [0.4, 0.5) is 5.00 Å². The Kier molecular flexibility index (Phi) is 5.55. The summed E-state index contributed by atoms with van der Waals surface area (Å²) in [5.74, 6) is 0.225. The molecule has 0 aliphatic heterocycles. The van der Waals surface area contributed by atoms with Gasteiger partial charge in [0.2, 0.25) is 0 Å². The van der Waals surface area contributed by atoms with Crippen molar-refractivity contribution in [3.63, 3.8) is 0 Å². The first kappa shape index (κ1) is 14.9. The molecule has 1 rings (SSSR count). The minimum absolute atomic E-state index is 0.187. The van der Waals surface area contributed by atoms with Gasteiger partial charge >= 0.3 is 0 Å². The van der Waals surface area contributed by atoms with Crippen molar-refractivity contribution in [2.45, 2.75) is 33.3 Å². The zero-order valence-electron chi connectivity index (χ0n) is 11.3. The number of carbonyl (C=O) groups is 1. The molecule has 0 spiro atoms. The smallest absolute Gasteiger partial charge is 0.256 e. The summed E-state index contributed by atoms with van der Waals surface area (Å²) in [6, 6.07) is 0. The van der Waals surface area contributed by atoms with Crippen molar-refractivity contribution in [2.24, 2.45) is 5.92 Å². The van der Waals surface area contributed by atoms with Crippen LogP contribution in [0, 0.1) is 12.8 Å². The standard InChI is InChI=1S/C12H21N3O2S/c1-7(2)5-9(16)6-14-11(17)10-8(3)15-18-12(10)13-4/h7,9,13,16H,5-6H2,1-4H3,(H,14,17). The maximum absolute atomic E-state index is 12.0. The Labute approximate surface area is 112 Å². The van der Waals surface area contributed by atoms with Crippen molar-refractivity contribution < 1.29 is 9.90 Å². The van der Waals surface area contributed by atoms with Crippen LogP contribution >= 0.6 is 11.5 Å². The van der Waals surface area contributed by atoms with Crippen LogP contribution in [0.25, 0.3) is 0 Å². The van der Waals surface area contributed by atoms with Crippen molar-refractivity contribution in [2.75, 3.05) is 18.9 Å². The third-order valence-corrected chi connectivity index (χ3v) is 3.51. The molecule has 0 radical (unpaired) electrons. The van der Waals surface area contributed by atoms with Gasteiger partial charge in [-0.1, -0.05) is 13.8 Å². The zero-order valence-corrected chi connectivity index (χ0v) is 12.1. The molecular formula is C12H21N3O2S. The summed E-state index contributed by atoms with van der Waals surface area (Å²) in [5.41, 5.74) is 1.28. The van der Waals surface area contributed by atoms with Gasteiger partial charge in [-0.05, 0) is 30.8 Å². The van der Waals surface area contributed by atoms with Gasteiger partial charge in [0.05, 0.1) is 17.4 Å². The summed E-state index contributed by atoms with van der Waals surface area (Å²) in [5, 5.41) is 16.2. The van der Waals surface area contributed by atoms with Gasteiger partial charge in [0, 0.05) is 13.6 Å². The lowest BCUT2D eigenvalue weighted by Crippen LogP contribution is -2.33. The van der Waals surface area contributed by atoms with Crippen LogP contribution in [0.2, 0.25) is 0 Å². The van der Waals surface area contributed by atoms with E-state index in [1.54, 1.807) is 14.0 Å². The molecule has 0 aliphatic rings. The van der Waals surface area contributed by atoms with E-state index in [0.29, 0.717) is 23.6 Å². The molecule has 0 saturated heterocycles. The Morgan fingerprint density at radius 1 is 1.50 bits per heavy atom. The van der Waals surface area contributed by atoms with Gasteiger partial charge in [0.25, 0.3) is 5.91 Å². The van der Waals surface area contributed by atoms with Gasteiger partial charge in [-0.2, -0.15) is 4.37 Å². The first-order valence-corrected chi connectivity index (χ1v) is 6.83. The maximum atomic E-state index is 12.0. The summed E-state index contributed by atoms with van der Waals surface area (Å²) in [6.07, 6.45) is 0.180. The molecule has 1 heterocycles. The van der Waals surface area contributed by atoms with E-state index in [0.717, 1.165) is 5.00 Å². The number of hydrogen-bond donors (Lipinski definition) is 3. The minimum Gasteiger partial charge on any atom is -0.391 e. The van der Waals surface area contributed by atoms with E-state index in [9.17, 15) is 9.90 Å². The van der Waals surface area contributed by atoms with Crippen LogP contribution in [0.3, 0.4) is 0 Å². The third-order valence-electron chi connectivity index (χ3n) is 2.56. The van der Waals surface area contributed by atoms with Gasteiger partial charge in [-0.3, -0.25) is 4.79 Å². The number of anilines is 1. The van der Waals surface area contributed by atoms with Gasteiger partial charge in [0.15, 0.2) is 0 Å². The molecule has 3 N–H and O–H groups in total. The lowest BCUT2D eigenvalue weighted by Gasteiger charge is -2.14. The molecule has 1 aromatic rings. The van der Waals surface area contributed by atoms with Gasteiger partial charge in [0.1, 0.15) is 5.00 Å². The largest absolute Gasteiger partial charge is 0.391 e. The Balaban J connectivity index is 2.57. The van der Waals surface area contributed by atoms with E-state index in [-0.39, 0.29) is 12.5 Å². The highest BCUT2D eigenvalue weighted by Gasteiger charge is 2.18. The third kappa shape index (κ3) is 3.96. The minimum atomic E-state index is -0.501. The van der Waals surface area contributed by atoms with E-state index in [2.05, 4.69) is 15.0 Å². The van der Waals surface area contributed by atoms with Crippen LogP contribution < -0.4 is 10.6 Å². The van der Waals surface area contributed by atoms with Crippen LogP contribution in [-0.4, -0.2) is 35.1 Å². The van der Waals surface area contributed by atoms with E-state index in [4.69, 9.17) is 0 Å². The number of nitrogens with zero attached hydrogens (tertiary/aromatic N) is 1. The summed E-state index contributed by atoms with van der Waals surface area (Å²) >= 11 is 1.26. The van der Waals surface area contributed by atoms with E-state index >= 15 is 0 Å². The fraction of sp³-hybridized carbons (Fsp3) is 0.667. The molecule has 1 atom stereocenters. The maximum Gasteiger partial charge on any atom is 0.256 e. The predicted octanol–water partition coefficient (Wildman–Crippen LogP) is 1.63. The number of aliphatic hydroxyl groups excluding tert-OH is 1. The number of aryl methyl sites for hydroxylation is 1. The van der Waals surface area contributed by atoms with Crippen LogP contribution in [-0.2, 0) is 0 Å². The fourth-order valence-corrected chi connectivity index (χ4v) is 2.48. The number of nitrogens with one attached hydrogen (secondary N) is 2. The highest BCUT2D eigenvalue weighted by atomic mass is 32.1. The summed E-state index contributed by atoms with van der Waals surface area (Å²) in [4.78, 5) is 12.0. The summed E-state index contributed by atoms with van der Waals surface area (Å²) in [6.45, 7) is 6.15. The SMILES string of the molecule is CNc1snc(C)c1C(=O)NCC(O)CC(C)C. The topological polar surface area (TPSA) is 74.2 Å². The van der Waals surface area contributed by atoms with Crippen LogP contribution in [0.15, 0.2) is 0 Å².